The summed E-state index contributed by atoms with van der Waals surface area (Å²) in [6, 6.07) is 0. The molecule has 2 N–H and O–H groups in total. The summed E-state index contributed by atoms with van der Waals surface area (Å²) in [5, 5.41) is 0. The maximum Gasteiger partial charge on any atom is 0.160 e. The second-order valence-corrected chi connectivity index (χ2v) is 5.22. The van der Waals surface area contributed by atoms with Gasteiger partial charge in [-0.25, -0.2) is 9.97 Å². The van der Waals surface area contributed by atoms with E-state index in [1.165, 1.54) is 0 Å². The molecule has 0 bridgehead atoms. The minimum Gasteiger partial charge on any atom is -0.488 e. The van der Waals surface area contributed by atoms with E-state index in [2.05, 4.69) is 37.7 Å². The predicted molar refractivity (Wildman–Crippen MR) is 75.2 cm³/mol. The topological polar surface area (TPSA) is 70.3 Å². The van der Waals surface area contributed by atoms with E-state index in [-0.39, 0.29) is 5.92 Å². The van der Waals surface area contributed by atoms with Crippen molar-refractivity contribution in [2.45, 2.75) is 40.2 Å². The van der Waals surface area contributed by atoms with Crippen LogP contribution in [0.15, 0.2) is 6.20 Å². The Morgan fingerprint density at radius 1 is 1.21 bits per heavy atom. The molecule has 0 amide bonds. The van der Waals surface area contributed by atoms with Crippen LogP contribution in [0.2, 0.25) is 0 Å². The van der Waals surface area contributed by atoms with Crippen molar-refractivity contribution in [3.8, 4) is 5.75 Å². The summed E-state index contributed by atoms with van der Waals surface area (Å²) >= 11 is 0. The van der Waals surface area contributed by atoms with Crippen LogP contribution < -0.4 is 10.5 Å². The third-order valence-corrected chi connectivity index (χ3v) is 2.49. The summed E-state index contributed by atoms with van der Waals surface area (Å²) in [4.78, 5) is 8.70. The van der Waals surface area contributed by atoms with Crippen molar-refractivity contribution in [1.82, 2.24) is 9.97 Å². The number of nitrogens with two attached hydrogens (primary N) is 1. The molecule has 5 nitrogen and oxygen atoms in total. The van der Waals surface area contributed by atoms with Gasteiger partial charge in [-0.15, -0.1) is 0 Å². The molecule has 1 rings (SSSR count). The van der Waals surface area contributed by atoms with Gasteiger partial charge in [0.05, 0.1) is 18.5 Å². The molecule has 1 heterocycles. The van der Waals surface area contributed by atoms with Crippen molar-refractivity contribution in [3.63, 3.8) is 0 Å². The maximum absolute atomic E-state index is 5.69. The first-order valence-electron chi connectivity index (χ1n) is 6.81. The number of hydrogen-bond donors (Lipinski definition) is 1. The fourth-order valence-corrected chi connectivity index (χ4v) is 1.50. The van der Waals surface area contributed by atoms with E-state index < -0.39 is 0 Å². The second kappa shape index (κ2) is 8.07. The van der Waals surface area contributed by atoms with Crippen molar-refractivity contribution in [2.75, 3.05) is 19.8 Å². The van der Waals surface area contributed by atoms with Crippen molar-refractivity contribution in [1.29, 1.82) is 0 Å². The number of ether oxygens (including phenoxy) is 2. The van der Waals surface area contributed by atoms with E-state index in [1.54, 1.807) is 6.20 Å². The van der Waals surface area contributed by atoms with Gasteiger partial charge in [0.15, 0.2) is 5.75 Å². The van der Waals surface area contributed by atoms with Crippen LogP contribution in [0.4, 0.5) is 0 Å². The highest BCUT2D eigenvalue weighted by molar-refractivity contribution is 5.25. The fourth-order valence-electron chi connectivity index (χ4n) is 1.50. The van der Waals surface area contributed by atoms with Gasteiger partial charge < -0.3 is 15.2 Å². The molecule has 5 heteroatoms. The summed E-state index contributed by atoms with van der Waals surface area (Å²) in [7, 11) is 0. The molecule has 19 heavy (non-hydrogen) atoms. The van der Waals surface area contributed by atoms with Crippen LogP contribution in [0, 0.1) is 5.92 Å². The Hall–Kier alpha value is -1.20. The highest BCUT2D eigenvalue weighted by Crippen LogP contribution is 2.17. The number of rotatable bonds is 8. The van der Waals surface area contributed by atoms with Crippen LogP contribution >= 0.6 is 0 Å². The summed E-state index contributed by atoms with van der Waals surface area (Å²) in [6.45, 7) is 10.5. The first-order chi connectivity index (χ1) is 9.04. The number of aromatic nitrogens is 2. The fraction of sp³-hybridized carbons (Fsp3) is 0.714. The molecule has 0 fully saturated rings. The third kappa shape index (κ3) is 5.53. The predicted octanol–water partition coefficient (Wildman–Crippen LogP) is 2.11. The molecule has 0 spiro atoms. The highest BCUT2D eigenvalue weighted by atomic mass is 16.5. The molecule has 108 valence electrons. The molecule has 0 atom stereocenters. The van der Waals surface area contributed by atoms with E-state index >= 15 is 0 Å². The molecular weight excluding hydrogens is 242 g/mol. The summed E-state index contributed by atoms with van der Waals surface area (Å²) in [6.07, 6.45) is 1.70. The van der Waals surface area contributed by atoms with Gasteiger partial charge in [0.25, 0.3) is 0 Å². The van der Waals surface area contributed by atoms with Gasteiger partial charge in [-0.2, -0.15) is 0 Å². The molecule has 0 aliphatic rings. The van der Waals surface area contributed by atoms with Crippen LogP contribution in [0.5, 0.6) is 5.75 Å². The van der Waals surface area contributed by atoms with Gasteiger partial charge in [-0.3, -0.25) is 0 Å². The first kappa shape index (κ1) is 15.9. The van der Waals surface area contributed by atoms with Gasteiger partial charge in [-0.05, 0) is 5.92 Å². The normalized spacial score (nSPS) is 11.3. The molecule has 0 saturated heterocycles. The Bertz CT molecular complexity index is 381. The summed E-state index contributed by atoms with van der Waals surface area (Å²) < 4.78 is 11.1. The molecule has 1 aromatic heterocycles. The van der Waals surface area contributed by atoms with Crippen molar-refractivity contribution in [2.24, 2.45) is 11.7 Å². The smallest absolute Gasteiger partial charge is 0.160 e. The molecule has 0 saturated carbocycles. The Labute approximate surface area is 115 Å². The molecule has 0 aliphatic heterocycles. The van der Waals surface area contributed by atoms with E-state index in [0.29, 0.717) is 31.4 Å². The van der Waals surface area contributed by atoms with E-state index in [4.69, 9.17) is 15.2 Å². The zero-order chi connectivity index (χ0) is 14.3. The Morgan fingerprint density at radius 3 is 2.53 bits per heavy atom. The maximum atomic E-state index is 5.69. The molecular formula is C14H25N3O2. The molecule has 1 aromatic rings. The van der Waals surface area contributed by atoms with Crippen molar-refractivity contribution in [3.05, 3.63) is 17.7 Å². The van der Waals surface area contributed by atoms with E-state index in [1.807, 2.05) is 0 Å². The SMILES string of the molecule is CC(C)COCCOc1cnc(C(C)C)nc1CN. The van der Waals surface area contributed by atoms with Crippen LogP contribution in [0.25, 0.3) is 0 Å². The number of hydrogen-bond acceptors (Lipinski definition) is 5. The van der Waals surface area contributed by atoms with Crippen molar-refractivity contribution < 1.29 is 9.47 Å². The van der Waals surface area contributed by atoms with Crippen LogP contribution in [-0.2, 0) is 11.3 Å². The minimum atomic E-state index is 0.286. The van der Waals surface area contributed by atoms with Gasteiger partial charge in [-0.1, -0.05) is 27.7 Å². The summed E-state index contributed by atoms with van der Waals surface area (Å²) in [5.74, 6) is 2.27. The van der Waals surface area contributed by atoms with E-state index in [0.717, 1.165) is 18.1 Å². The van der Waals surface area contributed by atoms with Gasteiger partial charge in [0.2, 0.25) is 0 Å². The molecule has 0 radical (unpaired) electrons. The molecule has 0 aromatic carbocycles. The standard InChI is InChI=1S/C14H25N3O2/c1-10(2)9-18-5-6-19-13-8-16-14(11(3)4)17-12(13)7-15/h8,10-11H,5-7,9,15H2,1-4H3. The third-order valence-electron chi connectivity index (χ3n) is 2.49. The Kier molecular flexibility index (Phi) is 6.73. The van der Waals surface area contributed by atoms with Crippen LogP contribution in [0.3, 0.4) is 0 Å². The molecule has 0 aliphatic carbocycles. The Morgan fingerprint density at radius 2 is 1.95 bits per heavy atom. The van der Waals surface area contributed by atoms with Crippen LogP contribution in [0.1, 0.15) is 45.1 Å². The minimum absolute atomic E-state index is 0.286. The van der Waals surface area contributed by atoms with E-state index in [9.17, 15) is 0 Å². The van der Waals surface area contributed by atoms with Gasteiger partial charge in [0.1, 0.15) is 12.4 Å². The largest absolute Gasteiger partial charge is 0.488 e. The monoisotopic (exact) mass is 267 g/mol. The zero-order valence-electron chi connectivity index (χ0n) is 12.3. The number of nitrogens with zero attached hydrogens (tertiary/aromatic N) is 2. The average Bonchev–Trinajstić information content (AvgIpc) is 2.37. The van der Waals surface area contributed by atoms with Gasteiger partial charge in [0, 0.05) is 19.1 Å². The first-order valence-corrected chi connectivity index (χ1v) is 6.81. The second-order valence-electron chi connectivity index (χ2n) is 5.22. The Balaban J connectivity index is 2.49. The average molecular weight is 267 g/mol. The van der Waals surface area contributed by atoms with Gasteiger partial charge >= 0.3 is 0 Å². The lowest BCUT2D eigenvalue weighted by Gasteiger charge is -2.12. The molecule has 0 unspecified atom stereocenters. The summed E-state index contributed by atoms with van der Waals surface area (Å²) in [5.41, 5.74) is 6.44. The van der Waals surface area contributed by atoms with Crippen molar-refractivity contribution >= 4 is 0 Å². The quantitative estimate of drug-likeness (QED) is 0.730. The highest BCUT2D eigenvalue weighted by Gasteiger charge is 2.09. The lowest BCUT2D eigenvalue weighted by molar-refractivity contribution is 0.0813. The zero-order valence-corrected chi connectivity index (χ0v) is 12.3. The lowest BCUT2D eigenvalue weighted by Crippen LogP contribution is -2.13. The van der Waals surface area contributed by atoms with Crippen LogP contribution in [-0.4, -0.2) is 29.8 Å². The lowest BCUT2D eigenvalue weighted by atomic mass is 10.2.